The molecule has 5 nitrogen and oxygen atoms in total. The number of carbonyl (C=O) groups excluding carboxylic acids is 1. The van der Waals surface area contributed by atoms with Crippen LogP contribution in [0.15, 0.2) is 0 Å². The molecular weight excluding hydrogens is 253 g/mol. The summed E-state index contributed by atoms with van der Waals surface area (Å²) in [5.41, 5.74) is -3.41. The Labute approximate surface area is 111 Å². The second-order valence-electron chi connectivity index (χ2n) is 6.75. The molecule has 2 bridgehead atoms. The van der Waals surface area contributed by atoms with Crippen LogP contribution in [0.1, 0.15) is 40.0 Å². The van der Waals surface area contributed by atoms with Gasteiger partial charge in [0.25, 0.3) is 0 Å². The van der Waals surface area contributed by atoms with E-state index in [-0.39, 0.29) is 32.4 Å². The van der Waals surface area contributed by atoms with Gasteiger partial charge >= 0.3 is 12.1 Å². The highest BCUT2D eigenvalue weighted by atomic mass is 19.1. The normalized spacial score (nSPS) is 34.2. The van der Waals surface area contributed by atoms with E-state index in [1.54, 1.807) is 20.8 Å². The monoisotopic (exact) mass is 273 g/mol. The topological polar surface area (TPSA) is 66.8 Å². The van der Waals surface area contributed by atoms with Gasteiger partial charge in [0.05, 0.1) is 12.0 Å². The highest BCUT2D eigenvalue weighted by Gasteiger charge is 2.59. The highest BCUT2D eigenvalue weighted by molar-refractivity contribution is 5.78. The molecular formula is C13H20FNO4. The maximum absolute atomic E-state index is 14.5. The lowest BCUT2D eigenvalue weighted by Gasteiger charge is -2.40. The number of carboxylic acid groups (broad SMARTS) is 1. The molecule has 1 saturated carbocycles. The summed E-state index contributed by atoms with van der Waals surface area (Å²) < 4.78 is 19.7. The Morgan fingerprint density at radius 3 is 2.42 bits per heavy atom. The molecule has 2 aliphatic rings. The van der Waals surface area contributed by atoms with Gasteiger partial charge < -0.3 is 14.7 Å². The number of aliphatic carboxylic acids is 1. The number of hydrogen-bond acceptors (Lipinski definition) is 3. The molecule has 2 unspecified atom stereocenters. The van der Waals surface area contributed by atoms with Crippen LogP contribution in [0, 0.1) is 5.41 Å². The van der Waals surface area contributed by atoms with Crippen LogP contribution in [0.25, 0.3) is 0 Å². The quantitative estimate of drug-likeness (QED) is 0.795. The maximum Gasteiger partial charge on any atom is 0.410 e. The Morgan fingerprint density at radius 1 is 1.26 bits per heavy atom. The molecule has 1 aliphatic carbocycles. The third-order valence-corrected chi connectivity index (χ3v) is 3.78. The van der Waals surface area contributed by atoms with Gasteiger partial charge in [0, 0.05) is 13.0 Å². The number of halogens is 1. The lowest BCUT2D eigenvalue weighted by molar-refractivity contribution is -0.152. The molecule has 2 atom stereocenters. The summed E-state index contributed by atoms with van der Waals surface area (Å²) in [7, 11) is 0. The van der Waals surface area contributed by atoms with Gasteiger partial charge in [0.15, 0.2) is 0 Å². The molecule has 6 heteroatoms. The fourth-order valence-corrected chi connectivity index (χ4v) is 2.99. The number of amides is 1. The van der Waals surface area contributed by atoms with Crippen LogP contribution in [0.2, 0.25) is 0 Å². The first kappa shape index (κ1) is 14.1. The number of hydrogen-bond donors (Lipinski definition) is 1. The summed E-state index contributed by atoms with van der Waals surface area (Å²) in [6.07, 6.45) is -0.174. The first-order valence-corrected chi connectivity index (χ1v) is 6.46. The van der Waals surface area contributed by atoms with Crippen molar-refractivity contribution in [3.05, 3.63) is 0 Å². The average Bonchev–Trinajstić information content (AvgIpc) is 2.47. The van der Waals surface area contributed by atoms with Gasteiger partial charge in [0.1, 0.15) is 11.3 Å². The Kier molecular flexibility index (Phi) is 3.03. The number of alkyl halides is 1. The summed E-state index contributed by atoms with van der Waals surface area (Å²) >= 11 is 0. The minimum atomic E-state index is -1.59. The molecule has 1 heterocycles. The Hall–Kier alpha value is -1.33. The van der Waals surface area contributed by atoms with Gasteiger partial charge in [-0.3, -0.25) is 4.79 Å². The highest BCUT2D eigenvalue weighted by Crippen LogP contribution is 2.51. The number of carboxylic acids is 1. The third-order valence-electron chi connectivity index (χ3n) is 3.78. The van der Waals surface area contributed by atoms with Crippen LogP contribution >= 0.6 is 0 Å². The average molecular weight is 273 g/mol. The summed E-state index contributed by atoms with van der Waals surface area (Å²) in [4.78, 5) is 24.6. The molecule has 0 aromatic rings. The van der Waals surface area contributed by atoms with Crippen molar-refractivity contribution in [3.63, 3.8) is 0 Å². The number of ether oxygens (including phenoxy) is 1. The Balaban J connectivity index is 2.17. The molecule has 1 saturated heterocycles. The van der Waals surface area contributed by atoms with E-state index in [0.29, 0.717) is 0 Å². The zero-order valence-electron chi connectivity index (χ0n) is 11.5. The van der Waals surface area contributed by atoms with Crippen molar-refractivity contribution in [1.29, 1.82) is 0 Å². The van der Waals surface area contributed by atoms with Crippen LogP contribution in [0.4, 0.5) is 9.18 Å². The van der Waals surface area contributed by atoms with Gasteiger partial charge in [-0.1, -0.05) is 0 Å². The number of rotatable bonds is 1. The number of piperidine rings is 1. The molecule has 19 heavy (non-hydrogen) atoms. The lowest BCUT2D eigenvalue weighted by Crippen LogP contribution is -2.54. The van der Waals surface area contributed by atoms with Crippen LogP contribution in [-0.4, -0.2) is 46.4 Å². The van der Waals surface area contributed by atoms with Crippen molar-refractivity contribution >= 4 is 12.1 Å². The second-order valence-corrected chi connectivity index (χ2v) is 6.75. The van der Waals surface area contributed by atoms with Crippen LogP contribution in [0.3, 0.4) is 0 Å². The zero-order chi connectivity index (χ0) is 14.5. The molecule has 1 amide bonds. The standard InChI is InChI=1S/C13H20FNO4/c1-11(2,3)19-10(18)15-7-12(9(16)17)4-5-13(14,6-12)8-15/h4-8H2,1-3H3,(H,16,17). The number of carbonyl (C=O) groups is 2. The smallest absolute Gasteiger partial charge is 0.410 e. The van der Waals surface area contributed by atoms with E-state index in [4.69, 9.17) is 4.74 Å². The fourth-order valence-electron chi connectivity index (χ4n) is 2.99. The van der Waals surface area contributed by atoms with Gasteiger partial charge in [-0.2, -0.15) is 0 Å². The molecule has 2 fully saturated rings. The molecule has 2 rings (SSSR count). The van der Waals surface area contributed by atoms with E-state index in [1.165, 1.54) is 4.90 Å². The Morgan fingerprint density at radius 2 is 1.89 bits per heavy atom. The first-order valence-electron chi connectivity index (χ1n) is 6.46. The Bertz CT molecular complexity index is 419. The van der Waals surface area contributed by atoms with Crippen LogP contribution < -0.4 is 0 Å². The zero-order valence-corrected chi connectivity index (χ0v) is 11.5. The van der Waals surface area contributed by atoms with Crippen molar-refractivity contribution in [2.75, 3.05) is 13.1 Å². The van der Waals surface area contributed by atoms with Crippen molar-refractivity contribution < 1.29 is 23.8 Å². The molecule has 1 N–H and O–H groups in total. The first-order chi connectivity index (χ1) is 8.55. The molecule has 0 radical (unpaired) electrons. The third kappa shape index (κ3) is 2.67. The number of nitrogens with zero attached hydrogens (tertiary/aromatic N) is 1. The maximum atomic E-state index is 14.5. The molecule has 0 aromatic carbocycles. The summed E-state index contributed by atoms with van der Waals surface area (Å²) in [5, 5.41) is 9.32. The SMILES string of the molecule is CC(C)(C)OC(=O)N1CC2(F)CCC(C(=O)O)(C1)C2. The van der Waals surface area contributed by atoms with Gasteiger partial charge in [-0.15, -0.1) is 0 Å². The van der Waals surface area contributed by atoms with Gasteiger partial charge in [0.2, 0.25) is 0 Å². The predicted octanol–water partition coefficient (Wildman–Crippen LogP) is 2.20. The molecule has 0 spiro atoms. The molecule has 0 aromatic heterocycles. The van der Waals surface area contributed by atoms with E-state index in [1.807, 2.05) is 0 Å². The van der Waals surface area contributed by atoms with E-state index < -0.39 is 28.7 Å². The van der Waals surface area contributed by atoms with E-state index in [9.17, 15) is 19.1 Å². The fraction of sp³-hybridized carbons (Fsp3) is 0.846. The van der Waals surface area contributed by atoms with Crippen molar-refractivity contribution in [2.24, 2.45) is 5.41 Å². The van der Waals surface area contributed by atoms with E-state index >= 15 is 0 Å². The van der Waals surface area contributed by atoms with Crippen LogP contribution in [0.5, 0.6) is 0 Å². The molecule has 1 aliphatic heterocycles. The minimum absolute atomic E-state index is 0.00533. The van der Waals surface area contributed by atoms with Crippen molar-refractivity contribution in [1.82, 2.24) is 4.90 Å². The van der Waals surface area contributed by atoms with Crippen molar-refractivity contribution in [3.8, 4) is 0 Å². The summed E-state index contributed by atoms with van der Waals surface area (Å²) in [5.74, 6) is -1.03. The van der Waals surface area contributed by atoms with Crippen LogP contribution in [-0.2, 0) is 9.53 Å². The summed E-state index contributed by atoms with van der Waals surface area (Å²) in [6.45, 7) is 5.13. The number of fused-ring (bicyclic) bond motifs is 2. The van der Waals surface area contributed by atoms with Gasteiger partial charge in [-0.05, 0) is 33.6 Å². The number of likely N-dealkylation sites (tertiary alicyclic amines) is 1. The summed E-state index contributed by atoms with van der Waals surface area (Å²) in [6, 6.07) is 0. The largest absolute Gasteiger partial charge is 0.481 e. The van der Waals surface area contributed by atoms with Crippen molar-refractivity contribution in [2.45, 2.75) is 51.3 Å². The van der Waals surface area contributed by atoms with Gasteiger partial charge in [-0.25, -0.2) is 9.18 Å². The predicted molar refractivity (Wildman–Crippen MR) is 65.6 cm³/mol. The molecule has 108 valence electrons. The van der Waals surface area contributed by atoms with E-state index in [2.05, 4.69) is 0 Å². The minimum Gasteiger partial charge on any atom is -0.481 e. The lowest BCUT2D eigenvalue weighted by atomic mass is 9.81. The van der Waals surface area contributed by atoms with E-state index in [0.717, 1.165) is 0 Å². The second kappa shape index (κ2) is 4.08.